The summed E-state index contributed by atoms with van der Waals surface area (Å²) in [5.74, 6) is -1.68. The number of hydrogen-bond donors (Lipinski definition) is 3. The lowest BCUT2D eigenvalue weighted by atomic mass is 9.96. The van der Waals surface area contributed by atoms with Gasteiger partial charge in [0.05, 0.1) is 17.0 Å². The van der Waals surface area contributed by atoms with Gasteiger partial charge in [0.2, 0.25) is 5.71 Å². The van der Waals surface area contributed by atoms with Crippen molar-refractivity contribution in [1.29, 1.82) is 5.26 Å². The van der Waals surface area contributed by atoms with Gasteiger partial charge in [-0.15, -0.1) is 0 Å². The second-order valence-electron chi connectivity index (χ2n) is 10.2. The van der Waals surface area contributed by atoms with Crippen LogP contribution in [0.15, 0.2) is 59.0 Å². The maximum Gasteiger partial charge on any atom is 0.405 e. The van der Waals surface area contributed by atoms with Crippen LogP contribution in [0.25, 0.3) is 33.6 Å². The van der Waals surface area contributed by atoms with Crippen molar-refractivity contribution < 1.29 is 31.6 Å². The van der Waals surface area contributed by atoms with E-state index in [1.165, 1.54) is 49.5 Å². The number of alkyl halides is 3. The van der Waals surface area contributed by atoms with E-state index in [0.29, 0.717) is 11.1 Å². The van der Waals surface area contributed by atoms with E-state index in [4.69, 9.17) is 4.42 Å². The van der Waals surface area contributed by atoms with Gasteiger partial charge in [0.15, 0.2) is 0 Å². The number of carbonyl (C=O) groups is 2. The molecule has 42 heavy (non-hydrogen) atoms. The number of nitrogens with one attached hydrogen (secondary N) is 3. The number of hydrogen-bond acceptors (Lipinski definition) is 6. The van der Waals surface area contributed by atoms with Gasteiger partial charge in [-0.1, -0.05) is 12.1 Å². The number of pyridine rings is 1. The monoisotopic (exact) mass is 579 g/mol. The highest BCUT2D eigenvalue weighted by Gasteiger charge is 2.43. The Morgan fingerprint density at radius 2 is 1.79 bits per heavy atom. The van der Waals surface area contributed by atoms with E-state index in [9.17, 15) is 32.4 Å². The molecule has 2 heterocycles. The highest BCUT2D eigenvalue weighted by molar-refractivity contribution is 6.11. The number of benzene rings is 2. The number of aromatic nitrogens is 1. The zero-order valence-electron chi connectivity index (χ0n) is 22.5. The van der Waals surface area contributed by atoms with E-state index in [0.717, 1.165) is 12.8 Å². The molecule has 0 aliphatic heterocycles. The predicted molar refractivity (Wildman–Crippen MR) is 147 cm³/mol. The molecule has 216 valence electrons. The summed E-state index contributed by atoms with van der Waals surface area (Å²) in [6.45, 7) is 0.246. The molecule has 5 rings (SSSR count). The fraction of sp³-hybridized carbons (Fsp3) is 0.267. The van der Waals surface area contributed by atoms with Crippen LogP contribution in [0.3, 0.4) is 0 Å². The third-order valence-electron chi connectivity index (χ3n) is 7.13. The number of nitrogens with zero attached hydrogens (tertiary/aromatic N) is 2. The molecule has 0 bridgehead atoms. The topological polar surface area (TPSA) is 120 Å². The number of fused-ring (bicyclic) bond motifs is 1. The average Bonchev–Trinajstić information content (AvgIpc) is 3.77. The summed E-state index contributed by atoms with van der Waals surface area (Å²) in [4.78, 5) is 30.4. The van der Waals surface area contributed by atoms with Crippen LogP contribution < -0.4 is 16.0 Å². The Morgan fingerprint density at radius 1 is 1.07 bits per heavy atom. The summed E-state index contributed by atoms with van der Waals surface area (Å²) in [5, 5.41) is 17.4. The van der Waals surface area contributed by atoms with Crippen molar-refractivity contribution in [3.63, 3.8) is 0 Å². The molecule has 4 aromatic rings. The van der Waals surface area contributed by atoms with Crippen molar-refractivity contribution in [3.8, 4) is 28.5 Å². The predicted octanol–water partition coefficient (Wildman–Crippen LogP) is 6.06. The molecular formula is C30H25F4N5O3. The van der Waals surface area contributed by atoms with E-state index in [2.05, 4.69) is 27.0 Å². The van der Waals surface area contributed by atoms with Crippen LogP contribution >= 0.6 is 0 Å². The zero-order chi connectivity index (χ0) is 30.2. The minimum Gasteiger partial charge on any atom is -0.437 e. The van der Waals surface area contributed by atoms with Gasteiger partial charge in [0.25, 0.3) is 11.8 Å². The van der Waals surface area contributed by atoms with Crippen molar-refractivity contribution in [2.75, 3.05) is 18.9 Å². The molecule has 0 unspecified atom stereocenters. The summed E-state index contributed by atoms with van der Waals surface area (Å²) in [6, 6.07) is 14.9. The molecule has 1 fully saturated rings. The molecule has 0 spiro atoms. The summed E-state index contributed by atoms with van der Waals surface area (Å²) < 4.78 is 59.1. The molecule has 1 saturated carbocycles. The van der Waals surface area contributed by atoms with Crippen LogP contribution in [0.5, 0.6) is 0 Å². The Hall–Kier alpha value is -4.92. The highest BCUT2D eigenvalue weighted by Crippen LogP contribution is 2.40. The number of furan rings is 1. The van der Waals surface area contributed by atoms with Crippen molar-refractivity contribution in [2.45, 2.75) is 31.5 Å². The van der Waals surface area contributed by atoms with Crippen molar-refractivity contribution in [2.24, 2.45) is 5.92 Å². The number of amides is 2. The molecule has 12 heteroatoms. The SMILES string of the molecule is CNC(=O)c1c(-c2ccc(F)cc2)oc2nc(NCC(F)(F)F)c(-c3cccc(C(=O)N[C@](C)(C#N)C4CC4)c3)cc12. The molecule has 0 radical (unpaired) electrons. The van der Waals surface area contributed by atoms with Gasteiger partial charge in [-0.25, -0.2) is 4.39 Å². The smallest absolute Gasteiger partial charge is 0.405 e. The fourth-order valence-electron chi connectivity index (χ4n) is 4.74. The third-order valence-corrected chi connectivity index (χ3v) is 7.13. The van der Waals surface area contributed by atoms with Crippen LogP contribution in [-0.4, -0.2) is 42.1 Å². The first-order chi connectivity index (χ1) is 19.9. The summed E-state index contributed by atoms with van der Waals surface area (Å²) in [7, 11) is 1.40. The largest absolute Gasteiger partial charge is 0.437 e. The standard InChI is InChI=1S/C30H25F4N5O3/c1-29(14-35,19-8-9-19)39-26(40)18-5-3-4-17(12-18)21-13-22-23(27(41)36-2)24(16-6-10-20(31)11-7-16)42-28(22)38-25(21)37-15-30(32,33)34/h3-7,10-13,19H,8-9,15H2,1-2H3,(H,36,41)(H,37,38)(H,39,40)/t29-/m1/s1. The second-order valence-corrected chi connectivity index (χ2v) is 10.2. The van der Waals surface area contributed by atoms with E-state index < -0.39 is 35.9 Å². The molecular weight excluding hydrogens is 554 g/mol. The minimum absolute atomic E-state index is 0.0407. The molecule has 3 N–H and O–H groups in total. The lowest BCUT2D eigenvalue weighted by molar-refractivity contribution is -0.115. The van der Waals surface area contributed by atoms with Crippen molar-refractivity contribution >= 4 is 28.7 Å². The number of anilines is 1. The molecule has 0 saturated heterocycles. The van der Waals surface area contributed by atoms with E-state index >= 15 is 0 Å². The lowest BCUT2D eigenvalue weighted by Crippen LogP contribution is -2.46. The number of carbonyl (C=O) groups excluding carboxylic acids is 2. The first-order valence-electron chi connectivity index (χ1n) is 13.0. The van der Waals surface area contributed by atoms with Gasteiger partial charge < -0.3 is 20.4 Å². The van der Waals surface area contributed by atoms with Crippen LogP contribution in [0, 0.1) is 23.1 Å². The quantitative estimate of drug-likeness (QED) is 0.219. The van der Waals surface area contributed by atoms with Gasteiger partial charge in [-0.05, 0) is 73.7 Å². The number of nitriles is 1. The highest BCUT2D eigenvalue weighted by atomic mass is 19.4. The summed E-state index contributed by atoms with van der Waals surface area (Å²) in [6.07, 6.45) is -2.93. The minimum atomic E-state index is -4.57. The molecule has 1 aliphatic rings. The maximum absolute atomic E-state index is 13.6. The van der Waals surface area contributed by atoms with Crippen LogP contribution in [0.2, 0.25) is 0 Å². The average molecular weight is 580 g/mol. The number of halogens is 4. The van der Waals surface area contributed by atoms with Gasteiger partial charge in [0.1, 0.15) is 29.5 Å². The lowest BCUT2D eigenvalue weighted by Gasteiger charge is -2.23. The zero-order valence-corrected chi connectivity index (χ0v) is 22.5. The normalized spacial score (nSPS) is 14.6. The van der Waals surface area contributed by atoms with Gasteiger partial charge >= 0.3 is 6.18 Å². The Labute approximate surface area is 237 Å². The molecule has 8 nitrogen and oxygen atoms in total. The van der Waals surface area contributed by atoms with E-state index in [1.807, 2.05) is 0 Å². The molecule has 2 aromatic carbocycles. The van der Waals surface area contributed by atoms with Gasteiger partial charge in [-0.3, -0.25) is 9.59 Å². The Bertz CT molecular complexity index is 1720. The fourth-order valence-corrected chi connectivity index (χ4v) is 4.74. The summed E-state index contributed by atoms with van der Waals surface area (Å²) in [5.41, 5.74) is -0.0788. The third kappa shape index (κ3) is 5.76. The Kier molecular flexibility index (Phi) is 7.36. The number of rotatable bonds is 8. The maximum atomic E-state index is 13.6. The summed E-state index contributed by atoms with van der Waals surface area (Å²) >= 11 is 0. The van der Waals surface area contributed by atoms with Gasteiger partial charge in [-0.2, -0.15) is 23.4 Å². The molecule has 2 aromatic heterocycles. The second kappa shape index (κ2) is 10.8. The van der Waals surface area contributed by atoms with Crippen molar-refractivity contribution in [1.82, 2.24) is 15.6 Å². The first kappa shape index (κ1) is 28.6. The Morgan fingerprint density at radius 3 is 2.40 bits per heavy atom. The van der Waals surface area contributed by atoms with Crippen LogP contribution in [0.4, 0.5) is 23.4 Å². The van der Waals surface area contributed by atoms with E-state index in [1.54, 1.807) is 19.1 Å². The first-order valence-corrected chi connectivity index (χ1v) is 13.0. The molecule has 1 aliphatic carbocycles. The van der Waals surface area contributed by atoms with Crippen LogP contribution in [-0.2, 0) is 0 Å². The Balaban J connectivity index is 1.65. The van der Waals surface area contributed by atoms with E-state index in [-0.39, 0.29) is 45.3 Å². The molecule has 2 amide bonds. The molecule has 1 atom stereocenters. The van der Waals surface area contributed by atoms with Crippen molar-refractivity contribution in [3.05, 3.63) is 71.5 Å². The van der Waals surface area contributed by atoms with Crippen LogP contribution in [0.1, 0.15) is 40.5 Å². The van der Waals surface area contributed by atoms with Gasteiger partial charge in [0, 0.05) is 23.7 Å².